The van der Waals surface area contributed by atoms with Crippen molar-refractivity contribution in [1.29, 1.82) is 0 Å². The van der Waals surface area contributed by atoms with Gasteiger partial charge in [0.05, 0.1) is 39.1 Å². The van der Waals surface area contributed by atoms with Crippen molar-refractivity contribution in [2.24, 2.45) is 5.73 Å². The first-order chi connectivity index (χ1) is 10.3. The van der Waals surface area contributed by atoms with Crippen LogP contribution in [0.5, 0.6) is 0 Å². The Labute approximate surface area is 131 Å². The zero-order chi connectivity index (χ0) is 15.6. The van der Waals surface area contributed by atoms with Crippen molar-refractivity contribution in [1.82, 2.24) is 0 Å². The molecule has 1 unspecified atom stereocenters. The minimum Gasteiger partial charge on any atom is -0.378 e. The van der Waals surface area contributed by atoms with Crippen LogP contribution in [-0.4, -0.2) is 45.7 Å². The minimum atomic E-state index is 0.411. The SMILES string of the molecule is CCCCCCCC(CCC)OCCOCCOCCN. The maximum atomic E-state index is 5.93. The molecule has 0 aliphatic heterocycles. The van der Waals surface area contributed by atoms with E-state index in [-0.39, 0.29) is 0 Å². The van der Waals surface area contributed by atoms with Gasteiger partial charge in [-0.1, -0.05) is 52.4 Å². The van der Waals surface area contributed by atoms with Gasteiger partial charge >= 0.3 is 0 Å². The van der Waals surface area contributed by atoms with Gasteiger partial charge in [0.15, 0.2) is 0 Å². The maximum Gasteiger partial charge on any atom is 0.0704 e. The van der Waals surface area contributed by atoms with Crippen LogP contribution in [0.25, 0.3) is 0 Å². The summed E-state index contributed by atoms with van der Waals surface area (Å²) in [6.07, 6.45) is 10.6. The molecule has 21 heavy (non-hydrogen) atoms. The van der Waals surface area contributed by atoms with E-state index in [1.165, 1.54) is 44.9 Å². The average Bonchev–Trinajstić information content (AvgIpc) is 2.49. The number of rotatable bonds is 17. The van der Waals surface area contributed by atoms with Gasteiger partial charge in [-0.05, 0) is 12.8 Å². The molecule has 0 rings (SSSR count). The fourth-order valence-corrected chi connectivity index (χ4v) is 2.29. The predicted molar refractivity (Wildman–Crippen MR) is 88.7 cm³/mol. The smallest absolute Gasteiger partial charge is 0.0704 e. The van der Waals surface area contributed by atoms with Crippen molar-refractivity contribution in [3.63, 3.8) is 0 Å². The standard InChI is InChI=1S/C17H37NO3/c1-3-5-6-7-8-10-17(9-4-2)21-16-15-20-14-13-19-12-11-18/h17H,3-16,18H2,1-2H3. The van der Waals surface area contributed by atoms with Crippen LogP contribution in [0.1, 0.15) is 65.2 Å². The minimum absolute atomic E-state index is 0.411. The van der Waals surface area contributed by atoms with E-state index in [4.69, 9.17) is 19.9 Å². The van der Waals surface area contributed by atoms with Gasteiger partial charge in [0.1, 0.15) is 0 Å². The normalized spacial score (nSPS) is 12.7. The van der Waals surface area contributed by atoms with E-state index in [1.54, 1.807) is 0 Å². The predicted octanol–water partition coefficient (Wildman–Crippen LogP) is 3.52. The number of unbranched alkanes of at least 4 members (excludes halogenated alkanes) is 4. The summed E-state index contributed by atoms with van der Waals surface area (Å²) in [6.45, 7) is 8.24. The van der Waals surface area contributed by atoms with Crippen LogP contribution in [0.2, 0.25) is 0 Å². The third kappa shape index (κ3) is 16.0. The lowest BCUT2D eigenvalue weighted by molar-refractivity contribution is -0.0163. The highest BCUT2D eigenvalue weighted by Gasteiger charge is 2.07. The summed E-state index contributed by atoms with van der Waals surface area (Å²) in [4.78, 5) is 0. The zero-order valence-corrected chi connectivity index (χ0v) is 14.3. The van der Waals surface area contributed by atoms with Gasteiger partial charge in [-0.15, -0.1) is 0 Å². The van der Waals surface area contributed by atoms with Gasteiger partial charge in [-0.3, -0.25) is 0 Å². The van der Waals surface area contributed by atoms with Crippen LogP contribution in [0.15, 0.2) is 0 Å². The Morgan fingerprint density at radius 2 is 1.38 bits per heavy atom. The summed E-state index contributed by atoms with van der Waals surface area (Å²) in [5.41, 5.74) is 5.33. The lowest BCUT2D eigenvalue weighted by Gasteiger charge is -2.17. The molecule has 4 nitrogen and oxygen atoms in total. The Morgan fingerprint density at radius 1 is 0.714 bits per heavy atom. The molecule has 0 saturated carbocycles. The first-order valence-corrected chi connectivity index (χ1v) is 8.82. The molecule has 4 heteroatoms. The molecule has 128 valence electrons. The van der Waals surface area contributed by atoms with Gasteiger partial charge in [0.25, 0.3) is 0 Å². The molecule has 0 heterocycles. The van der Waals surface area contributed by atoms with E-state index < -0.39 is 0 Å². The first-order valence-electron chi connectivity index (χ1n) is 8.82. The molecule has 0 amide bonds. The molecule has 0 aromatic heterocycles. The zero-order valence-electron chi connectivity index (χ0n) is 14.3. The van der Waals surface area contributed by atoms with Crippen LogP contribution in [0.3, 0.4) is 0 Å². The van der Waals surface area contributed by atoms with Gasteiger partial charge in [0, 0.05) is 6.54 Å². The Balaban J connectivity index is 3.42. The van der Waals surface area contributed by atoms with Crippen LogP contribution in [0, 0.1) is 0 Å². The van der Waals surface area contributed by atoms with E-state index in [2.05, 4.69) is 13.8 Å². The molecular weight excluding hydrogens is 266 g/mol. The molecule has 0 aliphatic rings. The molecule has 0 spiro atoms. The summed E-state index contributed by atoms with van der Waals surface area (Å²) in [7, 11) is 0. The van der Waals surface area contributed by atoms with Gasteiger partial charge in [0.2, 0.25) is 0 Å². The molecule has 0 aliphatic carbocycles. The van der Waals surface area contributed by atoms with Crippen molar-refractivity contribution in [2.75, 3.05) is 39.6 Å². The fraction of sp³-hybridized carbons (Fsp3) is 1.00. The molecule has 1 atom stereocenters. The molecule has 0 radical (unpaired) electrons. The summed E-state index contributed by atoms with van der Waals surface area (Å²) >= 11 is 0. The fourth-order valence-electron chi connectivity index (χ4n) is 2.29. The molecule has 0 fully saturated rings. The van der Waals surface area contributed by atoms with Crippen molar-refractivity contribution in [3.8, 4) is 0 Å². The topological polar surface area (TPSA) is 53.7 Å². The largest absolute Gasteiger partial charge is 0.378 e. The van der Waals surface area contributed by atoms with Crippen molar-refractivity contribution in [3.05, 3.63) is 0 Å². The number of hydrogen-bond donors (Lipinski definition) is 1. The van der Waals surface area contributed by atoms with Crippen LogP contribution >= 0.6 is 0 Å². The average molecular weight is 303 g/mol. The third-order valence-corrected chi connectivity index (χ3v) is 3.46. The lowest BCUT2D eigenvalue weighted by Crippen LogP contribution is -2.18. The number of hydrogen-bond acceptors (Lipinski definition) is 4. The van der Waals surface area contributed by atoms with Gasteiger partial charge in [-0.2, -0.15) is 0 Å². The number of nitrogens with two attached hydrogens (primary N) is 1. The van der Waals surface area contributed by atoms with E-state index in [0.29, 0.717) is 45.7 Å². The molecule has 0 saturated heterocycles. The highest BCUT2D eigenvalue weighted by atomic mass is 16.5. The highest BCUT2D eigenvalue weighted by molar-refractivity contribution is 4.58. The second kappa shape index (κ2) is 17.9. The summed E-state index contributed by atoms with van der Waals surface area (Å²) < 4.78 is 16.7. The van der Waals surface area contributed by atoms with Crippen molar-refractivity contribution in [2.45, 2.75) is 71.3 Å². The van der Waals surface area contributed by atoms with Gasteiger partial charge in [-0.25, -0.2) is 0 Å². The quantitative estimate of drug-likeness (QED) is 0.418. The third-order valence-electron chi connectivity index (χ3n) is 3.46. The van der Waals surface area contributed by atoms with E-state index in [0.717, 1.165) is 6.42 Å². The monoisotopic (exact) mass is 303 g/mol. The lowest BCUT2D eigenvalue weighted by atomic mass is 10.1. The van der Waals surface area contributed by atoms with Crippen molar-refractivity contribution >= 4 is 0 Å². The van der Waals surface area contributed by atoms with Crippen LogP contribution in [0.4, 0.5) is 0 Å². The van der Waals surface area contributed by atoms with E-state index >= 15 is 0 Å². The van der Waals surface area contributed by atoms with Crippen LogP contribution in [-0.2, 0) is 14.2 Å². The first kappa shape index (κ1) is 20.8. The highest BCUT2D eigenvalue weighted by Crippen LogP contribution is 2.13. The molecule has 0 aromatic carbocycles. The molecular formula is C17H37NO3. The second-order valence-corrected chi connectivity index (χ2v) is 5.50. The summed E-state index contributed by atoms with van der Waals surface area (Å²) in [5, 5.41) is 0. The molecule has 0 bridgehead atoms. The van der Waals surface area contributed by atoms with E-state index in [9.17, 15) is 0 Å². The van der Waals surface area contributed by atoms with Crippen LogP contribution < -0.4 is 5.73 Å². The second-order valence-electron chi connectivity index (χ2n) is 5.50. The summed E-state index contributed by atoms with van der Waals surface area (Å²) in [6, 6.07) is 0. The number of ether oxygens (including phenoxy) is 3. The Hall–Kier alpha value is -0.160. The Kier molecular flexibility index (Phi) is 17.8. The Bertz CT molecular complexity index is 191. The molecule has 2 N–H and O–H groups in total. The Morgan fingerprint density at radius 3 is 2.05 bits per heavy atom. The van der Waals surface area contributed by atoms with Crippen molar-refractivity contribution < 1.29 is 14.2 Å². The maximum absolute atomic E-state index is 5.93. The van der Waals surface area contributed by atoms with E-state index in [1.807, 2.05) is 0 Å². The molecule has 0 aromatic rings. The summed E-state index contributed by atoms with van der Waals surface area (Å²) in [5.74, 6) is 0. The van der Waals surface area contributed by atoms with Gasteiger partial charge < -0.3 is 19.9 Å².